The third kappa shape index (κ3) is 6.37. The maximum atomic E-state index is 10.7. The summed E-state index contributed by atoms with van der Waals surface area (Å²) >= 11 is 0. The molecule has 16 heteroatoms. The molecule has 0 spiro atoms. The van der Waals surface area contributed by atoms with Crippen LogP contribution in [0.1, 0.15) is 0 Å². The van der Waals surface area contributed by atoms with Gasteiger partial charge >= 0.3 is 0 Å². The van der Waals surface area contributed by atoms with Crippen LogP contribution >= 0.6 is 0 Å². The Morgan fingerprint density at radius 1 is 0.618 bits per heavy atom. The van der Waals surface area contributed by atoms with Gasteiger partial charge in [-0.05, 0) is 0 Å². The van der Waals surface area contributed by atoms with Crippen molar-refractivity contribution < 1.29 is 80.2 Å². The van der Waals surface area contributed by atoms with Crippen LogP contribution < -0.4 is 0 Å². The highest BCUT2D eigenvalue weighted by Gasteiger charge is 2.52. The number of hydrogen-bond donors (Lipinski definition) is 12. The van der Waals surface area contributed by atoms with Crippen molar-refractivity contribution in [1.82, 2.24) is 0 Å². The average Bonchev–Trinajstić information content (AvgIpc) is 2.84. The first-order valence-corrected chi connectivity index (χ1v) is 10.5. The quantitative estimate of drug-likeness (QED) is 0.124. The van der Waals surface area contributed by atoms with E-state index in [-0.39, 0.29) is 0 Å². The van der Waals surface area contributed by atoms with Gasteiger partial charge in [0.2, 0.25) is 0 Å². The van der Waals surface area contributed by atoms with Crippen molar-refractivity contribution in [2.45, 2.75) is 85.8 Å². The van der Waals surface area contributed by atoms with Crippen LogP contribution in [0.5, 0.6) is 0 Å². The molecule has 0 saturated carbocycles. The van der Waals surface area contributed by atoms with Gasteiger partial charge in [-0.3, -0.25) is 0 Å². The van der Waals surface area contributed by atoms with Crippen LogP contribution in [0.3, 0.4) is 0 Å². The van der Waals surface area contributed by atoms with Crippen molar-refractivity contribution in [3.63, 3.8) is 0 Å². The van der Waals surface area contributed by atoms with Gasteiger partial charge < -0.3 is 80.2 Å². The van der Waals surface area contributed by atoms with Gasteiger partial charge in [-0.2, -0.15) is 0 Å². The molecule has 14 atom stereocenters. The Hall–Kier alpha value is -0.640. The molecule has 2 aliphatic heterocycles. The van der Waals surface area contributed by atoms with Crippen molar-refractivity contribution in [2.75, 3.05) is 26.4 Å². The first-order chi connectivity index (χ1) is 16.0. The summed E-state index contributed by atoms with van der Waals surface area (Å²) in [6, 6.07) is 0. The third-order valence-corrected chi connectivity index (χ3v) is 5.74. The monoisotopic (exact) mass is 506 g/mol. The van der Waals surface area contributed by atoms with E-state index in [0.29, 0.717) is 0 Å². The molecule has 0 aromatic carbocycles. The maximum absolute atomic E-state index is 10.7. The summed E-state index contributed by atoms with van der Waals surface area (Å²) in [6.45, 7) is -3.55. The van der Waals surface area contributed by atoms with E-state index in [1.54, 1.807) is 0 Å². The number of rotatable bonds is 11. The molecule has 0 aromatic heterocycles. The van der Waals surface area contributed by atoms with Crippen LogP contribution in [0.2, 0.25) is 0 Å². The summed E-state index contributed by atoms with van der Waals surface area (Å²) in [6.07, 6.45) is -24.9. The van der Waals surface area contributed by atoms with Crippen LogP contribution in [0, 0.1) is 0 Å². The second-order valence-corrected chi connectivity index (χ2v) is 8.10. The molecule has 0 bridgehead atoms. The Labute approximate surface area is 193 Å². The Morgan fingerprint density at radius 3 is 1.68 bits per heavy atom. The first-order valence-electron chi connectivity index (χ1n) is 10.5. The molecule has 34 heavy (non-hydrogen) atoms. The standard InChI is InChI=1S/C18H34O16/c19-1-5(23)9(25)15(6(24)2-20)33-18-14(30)16(11(27)8(4-22)32-18)34-17-13(29)12(28)10(26)7(3-21)31-17/h5-30H,1-4H2/t5-,6+,7+,8+,9+,10+,11+,12-,13+,14+,15+,16-,17+,18+/m0/s1. The van der Waals surface area contributed by atoms with E-state index in [4.69, 9.17) is 24.1 Å². The fourth-order valence-electron chi connectivity index (χ4n) is 3.65. The lowest BCUT2D eigenvalue weighted by molar-refractivity contribution is -0.369. The zero-order valence-electron chi connectivity index (χ0n) is 17.9. The zero-order valence-corrected chi connectivity index (χ0v) is 17.9. The van der Waals surface area contributed by atoms with E-state index in [1.807, 2.05) is 0 Å². The van der Waals surface area contributed by atoms with Gasteiger partial charge in [-0.1, -0.05) is 0 Å². The predicted octanol–water partition coefficient (Wildman–Crippen LogP) is -7.94. The van der Waals surface area contributed by atoms with E-state index in [9.17, 15) is 56.2 Å². The SMILES string of the molecule is OC[C@@H](O)[C@@H](O[C@H]1O[C@H](CO)[C@@H](O)[C@H](O[C@H]2O[C@H](CO)[C@@H](O)[C@H](O)[C@H]2O)[C@H]1O)[C@H](O)[C@@H](O)CO. The topological polar surface area (TPSA) is 280 Å². The highest BCUT2D eigenvalue weighted by molar-refractivity contribution is 4.95. The molecule has 2 rings (SSSR count). The lowest BCUT2D eigenvalue weighted by Crippen LogP contribution is -2.65. The summed E-state index contributed by atoms with van der Waals surface area (Å²) in [7, 11) is 0. The molecule has 0 amide bonds. The number of hydrogen-bond acceptors (Lipinski definition) is 16. The molecule has 202 valence electrons. The van der Waals surface area contributed by atoms with Gasteiger partial charge in [-0.15, -0.1) is 0 Å². The van der Waals surface area contributed by atoms with Crippen LogP contribution in [0.15, 0.2) is 0 Å². The van der Waals surface area contributed by atoms with Crippen molar-refractivity contribution in [1.29, 1.82) is 0 Å². The Bertz CT molecular complexity index is 596. The Kier molecular flexibility index (Phi) is 11.4. The van der Waals surface area contributed by atoms with E-state index in [0.717, 1.165) is 0 Å². The third-order valence-electron chi connectivity index (χ3n) is 5.74. The minimum absolute atomic E-state index is 0.777. The van der Waals surface area contributed by atoms with Gasteiger partial charge in [-0.25, -0.2) is 0 Å². The highest BCUT2D eigenvalue weighted by Crippen LogP contribution is 2.30. The minimum Gasteiger partial charge on any atom is -0.394 e. The van der Waals surface area contributed by atoms with E-state index < -0.39 is 112 Å². The summed E-state index contributed by atoms with van der Waals surface area (Å²) < 4.78 is 21.1. The van der Waals surface area contributed by atoms with Gasteiger partial charge in [0.05, 0.1) is 26.4 Å². The maximum Gasteiger partial charge on any atom is 0.187 e. The van der Waals surface area contributed by atoms with Crippen LogP contribution in [0.4, 0.5) is 0 Å². The van der Waals surface area contributed by atoms with Crippen LogP contribution in [0.25, 0.3) is 0 Å². The predicted molar refractivity (Wildman–Crippen MR) is 103 cm³/mol. The van der Waals surface area contributed by atoms with Gasteiger partial charge in [0.15, 0.2) is 12.6 Å². The highest BCUT2D eigenvalue weighted by atomic mass is 16.7. The molecule has 16 nitrogen and oxygen atoms in total. The van der Waals surface area contributed by atoms with E-state index in [1.165, 1.54) is 0 Å². The lowest BCUT2D eigenvalue weighted by Gasteiger charge is -2.46. The summed E-state index contributed by atoms with van der Waals surface area (Å²) in [4.78, 5) is 0. The van der Waals surface area contributed by atoms with E-state index in [2.05, 4.69) is 0 Å². The first kappa shape index (κ1) is 29.6. The van der Waals surface area contributed by atoms with Gasteiger partial charge in [0.25, 0.3) is 0 Å². The fourth-order valence-corrected chi connectivity index (χ4v) is 3.65. The largest absolute Gasteiger partial charge is 0.394 e. The number of aliphatic hydroxyl groups excluding tert-OH is 12. The van der Waals surface area contributed by atoms with Gasteiger partial charge in [0, 0.05) is 0 Å². The molecule has 2 aliphatic rings. The molecule has 0 unspecified atom stereocenters. The minimum atomic E-state index is -1.98. The van der Waals surface area contributed by atoms with Crippen molar-refractivity contribution in [3.8, 4) is 0 Å². The lowest BCUT2D eigenvalue weighted by atomic mass is 9.96. The second kappa shape index (κ2) is 13.1. The van der Waals surface area contributed by atoms with E-state index >= 15 is 0 Å². The summed E-state index contributed by atoms with van der Waals surface area (Å²) in [5.41, 5.74) is 0. The molecule has 2 saturated heterocycles. The number of ether oxygens (including phenoxy) is 4. The fraction of sp³-hybridized carbons (Fsp3) is 1.00. The molecular weight excluding hydrogens is 472 g/mol. The van der Waals surface area contributed by atoms with Crippen LogP contribution in [-0.2, 0) is 18.9 Å². The smallest absolute Gasteiger partial charge is 0.187 e. The number of aliphatic hydroxyl groups is 12. The average molecular weight is 506 g/mol. The summed E-state index contributed by atoms with van der Waals surface area (Å²) in [5, 5.41) is 118. The molecule has 2 fully saturated rings. The normalized spacial score (nSPS) is 42.7. The summed E-state index contributed by atoms with van der Waals surface area (Å²) in [5.74, 6) is 0. The zero-order chi connectivity index (χ0) is 25.7. The van der Waals surface area contributed by atoms with Crippen LogP contribution in [-0.4, -0.2) is 174 Å². The van der Waals surface area contributed by atoms with Crippen molar-refractivity contribution in [2.24, 2.45) is 0 Å². The van der Waals surface area contributed by atoms with Crippen molar-refractivity contribution >= 4 is 0 Å². The molecule has 12 N–H and O–H groups in total. The molecule has 2 heterocycles. The molecule has 0 radical (unpaired) electrons. The Balaban J connectivity index is 2.24. The van der Waals surface area contributed by atoms with Crippen molar-refractivity contribution in [3.05, 3.63) is 0 Å². The molecule has 0 aliphatic carbocycles. The molecule has 0 aromatic rings. The van der Waals surface area contributed by atoms with Gasteiger partial charge in [0.1, 0.15) is 73.2 Å². The Morgan fingerprint density at radius 2 is 1.15 bits per heavy atom. The second-order valence-electron chi connectivity index (χ2n) is 8.10. The molecular formula is C18H34O16.